The number of aliphatic hydroxyl groups excluding tert-OH is 1. The summed E-state index contributed by atoms with van der Waals surface area (Å²) in [6.45, 7) is 3.89. The minimum absolute atomic E-state index is 0.114. The molecule has 0 amide bonds. The van der Waals surface area contributed by atoms with Crippen LogP contribution in [0.15, 0.2) is 12.1 Å². The molecule has 2 rings (SSSR count). The molecule has 0 radical (unpaired) electrons. The van der Waals surface area contributed by atoms with Gasteiger partial charge in [0, 0.05) is 17.5 Å². The number of ether oxygens (including phenoxy) is 2. The number of nitrogens with one attached hydrogen (secondary N) is 1. The normalized spacial score (nSPS) is 23.2. The molecule has 1 fully saturated rings. The minimum atomic E-state index is -0.273. The van der Waals surface area contributed by atoms with Crippen LogP contribution in [0.2, 0.25) is 0 Å². The van der Waals surface area contributed by atoms with Crippen LogP contribution in [0.25, 0.3) is 0 Å². The van der Waals surface area contributed by atoms with Crippen molar-refractivity contribution in [2.45, 2.75) is 25.2 Å². The molecular formula is C15H23NO3. The first-order valence-corrected chi connectivity index (χ1v) is 6.71. The lowest BCUT2D eigenvalue weighted by Gasteiger charge is -2.37. The third-order valence-electron chi connectivity index (χ3n) is 4.06. The van der Waals surface area contributed by atoms with Crippen LogP contribution in [0, 0.1) is 6.92 Å². The van der Waals surface area contributed by atoms with Crippen LogP contribution < -0.4 is 14.8 Å². The highest BCUT2D eigenvalue weighted by Gasteiger charge is 2.36. The molecular weight excluding hydrogens is 242 g/mol. The summed E-state index contributed by atoms with van der Waals surface area (Å²) >= 11 is 0. The Hall–Kier alpha value is -1.26. The van der Waals surface area contributed by atoms with Gasteiger partial charge in [-0.25, -0.2) is 0 Å². The van der Waals surface area contributed by atoms with Gasteiger partial charge in [-0.1, -0.05) is 0 Å². The van der Waals surface area contributed by atoms with E-state index in [0.29, 0.717) is 0 Å². The molecule has 4 heteroatoms. The monoisotopic (exact) mass is 265 g/mol. The molecule has 1 aromatic rings. The van der Waals surface area contributed by atoms with Crippen molar-refractivity contribution in [1.82, 2.24) is 5.32 Å². The summed E-state index contributed by atoms with van der Waals surface area (Å²) in [5, 5.41) is 13.3. The Morgan fingerprint density at radius 2 is 2.00 bits per heavy atom. The first-order valence-electron chi connectivity index (χ1n) is 6.71. The van der Waals surface area contributed by atoms with Crippen molar-refractivity contribution in [3.63, 3.8) is 0 Å². The van der Waals surface area contributed by atoms with E-state index in [2.05, 4.69) is 5.32 Å². The summed E-state index contributed by atoms with van der Waals surface area (Å²) in [6.07, 6.45) is 2.01. The van der Waals surface area contributed by atoms with Crippen LogP contribution in [0.3, 0.4) is 0 Å². The number of aryl methyl sites for hydroxylation is 1. The van der Waals surface area contributed by atoms with Crippen molar-refractivity contribution >= 4 is 0 Å². The van der Waals surface area contributed by atoms with E-state index in [1.165, 1.54) is 0 Å². The van der Waals surface area contributed by atoms with Gasteiger partial charge in [-0.2, -0.15) is 0 Å². The minimum Gasteiger partial charge on any atom is -0.496 e. The molecule has 0 bridgehead atoms. The number of piperidine rings is 1. The van der Waals surface area contributed by atoms with Crippen molar-refractivity contribution in [2.24, 2.45) is 0 Å². The second kappa shape index (κ2) is 5.80. The zero-order chi connectivity index (χ0) is 13.9. The maximum absolute atomic E-state index is 9.91. The quantitative estimate of drug-likeness (QED) is 0.868. The lowest BCUT2D eigenvalue weighted by atomic mass is 9.74. The molecule has 0 saturated carbocycles. The highest BCUT2D eigenvalue weighted by Crippen LogP contribution is 2.40. The number of rotatable bonds is 4. The summed E-state index contributed by atoms with van der Waals surface area (Å²) in [5.41, 5.74) is 1.80. The second-order valence-corrected chi connectivity index (χ2v) is 5.24. The maximum Gasteiger partial charge on any atom is 0.123 e. The van der Waals surface area contributed by atoms with Crippen LogP contribution >= 0.6 is 0 Å². The molecule has 106 valence electrons. The third-order valence-corrected chi connectivity index (χ3v) is 4.06. The average molecular weight is 265 g/mol. The van der Waals surface area contributed by atoms with Gasteiger partial charge in [0.05, 0.1) is 20.8 Å². The van der Waals surface area contributed by atoms with Crippen LogP contribution in [0.5, 0.6) is 11.5 Å². The average Bonchev–Trinajstić information content (AvgIpc) is 2.47. The van der Waals surface area contributed by atoms with Gasteiger partial charge in [-0.3, -0.25) is 0 Å². The molecule has 1 aromatic carbocycles. The topological polar surface area (TPSA) is 50.7 Å². The Bertz CT molecular complexity index is 439. The van der Waals surface area contributed by atoms with E-state index in [1.807, 2.05) is 19.1 Å². The third kappa shape index (κ3) is 2.55. The summed E-state index contributed by atoms with van der Waals surface area (Å²) in [4.78, 5) is 0. The largest absolute Gasteiger partial charge is 0.496 e. The fourth-order valence-corrected chi connectivity index (χ4v) is 2.88. The van der Waals surface area contributed by atoms with Gasteiger partial charge in [-0.05, 0) is 44.0 Å². The molecule has 1 aliphatic rings. The maximum atomic E-state index is 9.91. The van der Waals surface area contributed by atoms with Crippen LogP contribution in [0.4, 0.5) is 0 Å². The van der Waals surface area contributed by atoms with Crippen LogP contribution in [-0.2, 0) is 5.41 Å². The number of hydrogen-bond acceptors (Lipinski definition) is 4. The van der Waals surface area contributed by atoms with Crippen molar-refractivity contribution in [3.05, 3.63) is 23.3 Å². The Morgan fingerprint density at radius 3 is 2.53 bits per heavy atom. The van der Waals surface area contributed by atoms with Gasteiger partial charge in [0.2, 0.25) is 0 Å². The molecule has 1 heterocycles. The second-order valence-electron chi connectivity index (χ2n) is 5.24. The van der Waals surface area contributed by atoms with Crippen molar-refractivity contribution in [2.75, 3.05) is 33.9 Å². The van der Waals surface area contributed by atoms with Gasteiger partial charge >= 0.3 is 0 Å². The summed E-state index contributed by atoms with van der Waals surface area (Å²) in [7, 11) is 3.34. The molecule has 0 aromatic heterocycles. The SMILES string of the molecule is COc1cc(C2(CO)CCCNC2)c(OC)cc1C. The first-order chi connectivity index (χ1) is 9.16. The zero-order valence-electron chi connectivity index (χ0n) is 12.0. The lowest BCUT2D eigenvalue weighted by Crippen LogP contribution is -2.46. The summed E-state index contributed by atoms with van der Waals surface area (Å²) in [6, 6.07) is 4.00. The van der Waals surface area contributed by atoms with Gasteiger partial charge in [0.15, 0.2) is 0 Å². The molecule has 2 N–H and O–H groups in total. The number of methoxy groups -OCH3 is 2. The van der Waals surface area contributed by atoms with E-state index in [4.69, 9.17) is 9.47 Å². The van der Waals surface area contributed by atoms with E-state index < -0.39 is 0 Å². The molecule has 0 aliphatic carbocycles. The van der Waals surface area contributed by atoms with Gasteiger partial charge in [0.1, 0.15) is 11.5 Å². The van der Waals surface area contributed by atoms with Gasteiger partial charge < -0.3 is 19.9 Å². The van der Waals surface area contributed by atoms with E-state index >= 15 is 0 Å². The van der Waals surface area contributed by atoms with Crippen molar-refractivity contribution in [1.29, 1.82) is 0 Å². The van der Waals surface area contributed by atoms with E-state index in [0.717, 1.165) is 48.6 Å². The molecule has 4 nitrogen and oxygen atoms in total. The molecule has 1 aliphatic heterocycles. The smallest absolute Gasteiger partial charge is 0.123 e. The number of aliphatic hydroxyl groups is 1. The Morgan fingerprint density at radius 1 is 1.26 bits per heavy atom. The first kappa shape index (κ1) is 14.2. The number of hydrogen-bond donors (Lipinski definition) is 2. The van der Waals surface area contributed by atoms with Crippen molar-refractivity contribution < 1.29 is 14.6 Å². The van der Waals surface area contributed by atoms with Crippen LogP contribution in [-0.4, -0.2) is 39.0 Å². The van der Waals surface area contributed by atoms with E-state index in [9.17, 15) is 5.11 Å². The fourth-order valence-electron chi connectivity index (χ4n) is 2.88. The zero-order valence-corrected chi connectivity index (χ0v) is 12.0. The molecule has 19 heavy (non-hydrogen) atoms. The summed E-state index contributed by atoms with van der Waals surface area (Å²) in [5.74, 6) is 1.67. The highest BCUT2D eigenvalue weighted by molar-refractivity contribution is 5.50. The predicted octanol–water partition coefficient (Wildman–Crippen LogP) is 1.63. The summed E-state index contributed by atoms with van der Waals surface area (Å²) < 4.78 is 10.9. The molecule has 0 spiro atoms. The molecule has 1 unspecified atom stereocenters. The Labute approximate surface area is 114 Å². The molecule has 1 saturated heterocycles. The number of benzene rings is 1. The van der Waals surface area contributed by atoms with Crippen LogP contribution in [0.1, 0.15) is 24.0 Å². The van der Waals surface area contributed by atoms with Crippen molar-refractivity contribution in [3.8, 4) is 11.5 Å². The standard InChI is InChI=1S/C15H23NO3/c1-11-7-14(19-3)12(8-13(11)18-2)15(10-17)5-4-6-16-9-15/h7-8,16-17H,4-6,9-10H2,1-3H3. The Balaban J connectivity index is 2.51. The lowest BCUT2D eigenvalue weighted by molar-refractivity contribution is 0.159. The van der Waals surface area contributed by atoms with Gasteiger partial charge in [0.25, 0.3) is 0 Å². The predicted molar refractivity (Wildman–Crippen MR) is 75.2 cm³/mol. The van der Waals surface area contributed by atoms with E-state index in [-0.39, 0.29) is 12.0 Å². The Kier molecular flexibility index (Phi) is 4.32. The molecule has 1 atom stereocenters. The highest BCUT2D eigenvalue weighted by atomic mass is 16.5. The fraction of sp³-hybridized carbons (Fsp3) is 0.600. The van der Waals surface area contributed by atoms with Gasteiger partial charge in [-0.15, -0.1) is 0 Å². The van der Waals surface area contributed by atoms with E-state index in [1.54, 1.807) is 14.2 Å².